The third-order valence-electron chi connectivity index (χ3n) is 4.51. The van der Waals surface area contributed by atoms with Gasteiger partial charge in [-0.05, 0) is 12.8 Å². The normalized spacial score (nSPS) is 11.4. The summed E-state index contributed by atoms with van der Waals surface area (Å²) < 4.78 is 28.7. The minimum Gasteiger partial charge on any atom is -0.270 e. The Kier molecular flexibility index (Phi) is 23.4. The molecule has 5 heteroatoms. The van der Waals surface area contributed by atoms with E-state index in [4.69, 9.17) is 4.18 Å². The van der Waals surface area contributed by atoms with Crippen LogP contribution >= 0.6 is 0 Å². The molecule has 0 aliphatic rings. The lowest BCUT2D eigenvalue weighted by Crippen LogP contribution is -2.11. The molecule has 0 amide bonds. The van der Waals surface area contributed by atoms with Crippen molar-refractivity contribution in [3.05, 3.63) is 0 Å². The second-order valence-corrected chi connectivity index (χ2v) is 8.79. The van der Waals surface area contributed by atoms with Gasteiger partial charge in [0.25, 0.3) is 10.1 Å². The molecule has 0 saturated heterocycles. The van der Waals surface area contributed by atoms with Crippen LogP contribution in [0.15, 0.2) is 0 Å². The summed E-state index contributed by atoms with van der Waals surface area (Å²) in [5, 5.41) is 0. The Labute approximate surface area is 174 Å². The van der Waals surface area contributed by atoms with E-state index >= 15 is 0 Å². The Hall–Kier alpha value is 0.676. The zero-order chi connectivity index (χ0) is 17.9. The second kappa shape index (κ2) is 21.0. The molecule has 25 heavy (non-hydrogen) atoms. The highest BCUT2D eigenvalue weighted by Crippen LogP contribution is 2.11. The van der Waals surface area contributed by atoms with Gasteiger partial charge in [-0.15, -0.1) is 0 Å². The van der Waals surface area contributed by atoms with E-state index in [1.54, 1.807) is 0 Å². The Morgan fingerprint density at radius 3 is 1.36 bits per heavy atom. The van der Waals surface area contributed by atoms with Crippen LogP contribution in [0.3, 0.4) is 0 Å². The van der Waals surface area contributed by atoms with E-state index in [2.05, 4.69) is 13.8 Å². The maximum atomic E-state index is 11.8. The van der Waals surface area contributed by atoms with Crippen LogP contribution in [0.5, 0.6) is 0 Å². The molecule has 0 atom stereocenters. The Balaban J connectivity index is 0. The summed E-state index contributed by atoms with van der Waals surface area (Å²) in [4.78, 5) is 0. The van der Waals surface area contributed by atoms with Gasteiger partial charge in [-0.25, -0.2) is 0 Å². The maximum Gasteiger partial charge on any atom is 0.316 e. The van der Waals surface area contributed by atoms with Crippen LogP contribution in [0.2, 0.25) is 0 Å². The Morgan fingerprint density at radius 1 is 0.560 bits per heavy atom. The molecular formula is C20H44MgO3S. The topological polar surface area (TPSA) is 43.4 Å². The number of hydrogen-bond donors (Lipinski definition) is 0. The first-order chi connectivity index (χ1) is 11.6. The summed E-state index contributed by atoms with van der Waals surface area (Å²) >= 11 is 0. The SMILES string of the molecule is CCCCCCCCCCOS(=O)(=O)CCCCCCCCCC.[MgH2]. The fourth-order valence-electron chi connectivity index (χ4n) is 2.89. The average Bonchev–Trinajstić information content (AvgIpc) is 2.55. The lowest BCUT2D eigenvalue weighted by Gasteiger charge is -2.06. The number of hydrogen-bond acceptors (Lipinski definition) is 3. The molecule has 0 aromatic carbocycles. The van der Waals surface area contributed by atoms with Gasteiger partial charge in [0.15, 0.2) is 0 Å². The third-order valence-corrected chi connectivity index (χ3v) is 5.82. The van der Waals surface area contributed by atoms with Gasteiger partial charge >= 0.3 is 23.1 Å². The van der Waals surface area contributed by atoms with E-state index in [9.17, 15) is 8.42 Å². The van der Waals surface area contributed by atoms with E-state index in [0.717, 1.165) is 32.1 Å². The highest BCUT2D eigenvalue weighted by atomic mass is 32.2. The first-order valence-electron chi connectivity index (χ1n) is 10.5. The van der Waals surface area contributed by atoms with Crippen molar-refractivity contribution in [2.45, 2.75) is 117 Å². The van der Waals surface area contributed by atoms with E-state index in [-0.39, 0.29) is 28.8 Å². The molecule has 150 valence electrons. The molecule has 0 aromatic rings. The van der Waals surface area contributed by atoms with Crippen molar-refractivity contribution in [1.29, 1.82) is 0 Å². The van der Waals surface area contributed by atoms with Crippen molar-refractivity contribution >= 4 is 33.2 Å². The molecule has 0 spiro atoms. The Bertz CT molecular complexity index is 345. The lowest BCUT2D eigenvalue weighted by atomic mass is 10.1. The summed E-state index contributed by atoms with van der Waals surface area (Å²) in [7, 11) is -3.29. The van der Waals surface area contributed by atoms with Gasteiger partial charge in [0.2, 0.25) is 0 Å². The van der Waals surface area contributed by atoms with E-state index in [0.29, 0.717) is 6.61 Å². The molecule has 0 aliphatic heterocycles. The fraction of sp³-hybridized carbons (Fsp3) is 1.00. The second-order valence-electron chi connectivity index (χ2n) is 7.03. The minimum absolute atomic E-state index is 0. The van der Waals surface area contributed by atoms with Crippen LogP contribution in [0, 0.1) is 0 Å². The molecule has 0 N–H and O–H groups in total. The third kappa shape index (κ3) is 22.6. The summed E-state index contributed by atoms with van der Waals surface area (Å²) in [6.45, 7) is 4.82. The van der Waals surface area contributed by atoms with Gasteiger partial charge < -0.3 is 0 Å². The fourth-order valence-corrected chi connectivity index (χ4v) is 3.94. The summed E-state index contributed by atoms with van der Waals surface area (Å²) in [6.07, 6.45) is 19.0. The van der Waals surface area contributed by atoms with Gasteiger partial charge in [0.1, 0.15) is 0 Å². The predicted octanol–water partition coefficient (Wildman–Crippen LogP) is 5.70. The molecule has 0 aliphatic carbocycles. The summed E-state index contributed by atoms with van der Waals surface area (Å²) in [5.74, 6) is 0.193. The predicted molar refractivity (Wildman–Crippen MR) is 114 cm³/mol. The lowest BCUT2D eigenvalue weighted by molar-refractivity contribution is 0.305. The molecule has 3 nitrogen and oxygen atoms in total. The molecule has 0 rings (SSSR count). The van der Waals surface area contributed by atoms with Crippen LogP contribution in [-0.2, 0) is 14.3 Å². The summed E-state index contributed by atoms with van der Waals surface area (Å²) in [6, 6.07) is 0. The van der Waals surface area contributed by atoms with Gasteiger partial charge in [0.05, 0.1) is 12.4 Å². The molecule has 0 radical (unpaired) electrons. The molecule has 0 fully saturated rings. The molecule has 0 unspecified atom stereocenters. The van der Waals surface area contributed by atoms with Crippen molar-refractivity contribution < 1.29 is 12.6 Å². The number of rotatable bonds is 19. The van der Waals surface area contributed by atoms with Gasteiger partial charge in [-0.3, -0.25) is 4.18 Å². The number of unbranched alkanes of at least 4 members (excludes halogenated alkanes) is 14. The summed E-state index contributed by atoms with van der Waals surface area (Å²) in [5.41, 5.74) is 0. The van der Waals surface area contributed by atoms with E-state index < -0.39 is 10.1 Å². The average molecular weight is 389 g/mol. The largest absolute Gasteiger partial charge is 0.316 e. The van der Waals surface area contributed by atoms with Crippen LogP contribution in [0.25, 0.3) is 0 Å². The van der Waals surface area contributed by atoms with E-state index in [1.807, 2.05) is 0 Å². The van der Waals surface area contributed by atoms with E-state index in [1.165, 1.54) is 70.6 Å². The monoisotopic (exact) mass is 388 g/mol. The van der Waals surface area contributed by atoms with Crippen molar-refractivity contribution in [3.8, 4) is 0 Å². The van der Waals surface area contributed by atoms with Gasteiger partial charge in [-0.1, -0.05) is 104 Å². The first kappa shape index (κ1) is 27.9. The molecular weight excluding hydrogens is 345 g/mol. The molecule has 0 saturated carbocycles. The van der Waals surface area contributed by atoms with Crippen molar-refractivity contribution in [1.82, 2.24) is 0 Å². The maximum absolute atomic E-state index is 11.8. The highest BCUT2D eigenvalue weighted by Gasteiger charge is 2.10. The quantitative estimate of drug-likeness (QED) is 0.162. The van der Waals surface area contributed by atoms with Crippen molar-refractivity contribution in [2.75, 3.05) is 12.4 Å². The molecule has 0 aromatic heterocycles. The highest BCUT2D eigenvalue weighted by molar-refractivity contribution is 7.86. The Morgan fingerprint density at radius 2 is 0.920 bits per heavy atom. The van der Waals surface area contributed by atoms with Gasteiger partial charge in [0, 0.05) is 0 Å². The van der Waals surface area contributed by atoms with Crippen molar-refractivity contribution in [3.63, 3.8) is 0 Å². The molecule has 0 bridgehead atoms. The zero-order valence-electron chi connectivity index (χ0n) is 16.4. The smallest absolute Gasteiger partial charge is 0.270 e. The van der Waals surface area contributed by atoms with Crippen LogP contribution in [-0.4, -0.2) is 43.8 Å². The van der Waals surface area contributed by atoms with Crippen LogP contribution < -0.4 is 0 Å². The zero-order valence-corrected chi connectivity index (χ0v) is 17.2. The molecule has 0 heterocycles. The minimum atomic E-state index is -3.29. The first-order valence-corrected chi connectivity index (χ1v) is 12.1. The van der Waals surface area contributed by atoms with Gasteiger partial charge in [-0.2, -0.15) is 8.42 Å². The van der Waals surface area contributed by atoms with Crippen molar-refractivity contribution in [2.24, 2.45) is 0 Å². The van der Waals surface area contributed by atoms with Crippen LogP contribution in [0.1, 0.15) is 117 Å². The standard InChI is InChI=1S/C20H42O3S.Mg.2H/c1-3-5-7-9-11-13-15-17-19-23-24(21,22)20-18-16-14-12-10-8-6-4-2;;;/h3-20H2,1-2H3;;;. The van der Waals surface area contributed by atoms with Crippen LogP contribution in [0.4, 0.5) is 0 Å².